The normalized spacial score (nSPS) is 11.2. The second kappa shape index (κ2) is 11.3. The van der Waals surface area contributed by atoms with Crippen molar-refractivity contribution in [3.8, 4) is 0 Å². The number of amides is 1. The first-order valence-corrected chi connectivity index (χ1v) is 13.5. The van der Waals surface area contributed by atoms with Crippen molar-refractivity contribution in [2.24, 2.45) is 0 Å². The number of nitrogens with zero attached hydrogens (tertiary/aromatic N) is 1. The first kappa shape index (κ1) is 24.8. The first-order valence-electron chi connectivity index (χ1n) is 10.5. The molecule has 5 nitrogen and oxygen atoms in total. The summed E-state index contributed by atoms with van der Waals surface area (Å²) in [7, 11) is -3.65. The fourth-order valence-corrected chi connectivity index (χ4v) is 5.07. The Labute approximate surface area is 199 Å². The Bertz CT molecular complexity index is 1200. The number of carbonyl (C=O) groups excluding carboxylic acids is 1. The highest BCUT2D eigenvalue weighted by atomic mass is 32.2. The van der Waals surface area contributed by atoms with Crippen molar-refractivity contribution >= 4 is 33.4 Å². The molecule has 0 saturated carbocycles. The van der Waals surface area contributed by atoms with Gasteiger partial charge in [0, 0.05) is 29.2 Å². The maximum Gasteiger partial charge on any atom is 0.251 e. The third-order valence-electron chi connectivity index (χ3n) is 5.14. The molecule has 8 heteroatoms. The first-order chi connectivity index (χ1) is 15.8. The summed E-state index contributed by atoms with van der Waals surface area (Å²) < 4.78 is 39.8. The minimum atomic E-state index is -3.65. The fourth-order valence-electron chi connectivity index (χ4n) is 3.25. The van der Waals surface area contributed by atoms with Gasteiger partial charge in [0.05, 0.1) is 18.5 Å². The highest BCUT2D eigenvalue weighted by molar-refractivity contribution is 7.98. The molecule has 174 valence electrons. The lowest BCUT2D eigenvalue weighted by atomic mass is 10.1. The maximum atomic E-state index is 14.0. The number of thioether (sulfide) groups is 1. The summed E-state index contributed by atoms with van der Waals surface area (Å²) in [6, 6.07) is 20.6. The summed E-state index contributed by atoms with van der Waals surface area (Å²) in [6.45, 7) is 2.48. The van der Waals surface area contributed by atoms with Crippen LogP contribution in [0.15, 0.2) is 72.8 Å². The van der Waals surface area contributed by atoms with Gasteiger partial charge in [-0.3, -0.25) is 9.10 Å². The van der Waals surface area contributed by atoms with Gasteiger partial charge in [-0.05, 0) is 48.4 Å². The molecule has 0 aliphatic carbocycles. The van der Waals surface area contributed by atoms with Crippen molar-refractivity contribution < 1.29 is 17.6 Å². The standard InChI is InChI=1S/C25H27FN2O3S2/c1-19-7-3-4-9-22(19)18-32-16-15-27-25(29)20-11-13-23(14-12-20)28(33(2,30)31)17-21-8-5-6-10-24(21)26/h3-14H,15-18H2,1-2H3,(H,27,29). The molecule has 1 N–H and O–H groups in total. The largest absolute Gasteiger partial charge is 0.351 e. The molecule has 0 aliphatic rings. The topological polar surface area (TPSA) is 66.5 Å². The Balaban J connectivity index is 1.56. The van der Waals surface area contributed by atoms with E-state index in [-0.39, 0.29) is 18.0 Å². The van der Waals surface area contributed by atoms with Gasteiger partial charge in [-0.25, -0.2) is 12.8 Å². The zero-order chi connectivity index (χ0) is 23.8. The average molecular weight is 487 g/mol. The predicted molar refractivity (Wildman–Crippen MR) is 134 cm³/mol. The molecule has 1 amide bonds. The highest BCUT2D eigenvalue weighted by Crippen LogP contribution is 2.22. The van der Waals surface area contributed by atoms with Gasteiger partial charge in [-0.1, -0.05) is 42.5 Å². The van der Waals surface area contributed by atoms with Crippen molar-refractivity contribution in [2.45, 2.75) is 19.2 Å². The van der Waals surface area contributed by atoms with E-state index in [4.69, 9.17) is 0 Å². The molecule has 0 atom stereocenters. The molecule has 0 spiro atoms. The Morgan fingerprint density at radius 3 is 2.24 bits per heavy atom. The number of halogens is 1. The van der Waals surface area contributed by atoms with Crippen LogP contribution in [0.5, 0.6) is 0 Å². The van der Waals surface area contributed by atoms with Gasteiger partial charge in [-0.15, -0.1) is 0 Å². The molecule has 3 aromatic carbocycles. The van der Waals surface area contributed by atoms with Crippen LogP contribution in [0.3, 0.4) is 0 Å². The molecule has 33 heavy (non-hydrogen) atoms. The third-order valence-corrected chi connectivity index (χ3v) is 7.29. The molecule has 0 fully saturated rings. The smallest absolute Gasteiger partial charge is 0.251 e. The summed E-state index contributed by atoms with van der Waals surface area (Å²) in [5.41, 5.74) is 3.61. The molecule has 0 radical (unpaired) electrons. The molecule has 0 aliphatic heterocycles. The third kappa shape index (κ3) is 7.07. The van der Waals surface area contributed by atoms with E-state index in [1.165, 1.54) is 17.2 Å². The zero-order valence-corrected chi connectivity index (χ0v) is 20.3. The van der Waals surface area contributed by atoms with Crippen molar-refractivity contribution in [1.82, 2.24) is 5.32 Å². The van der Waals surface area contributed by atoms with E-state index in [0.29, 0.717) is 17.8 Å². The van der Waals surface area contributed by atoms with Crippen LogP contribution in [-0.4, -0.2) is 32.9 Å². The van der Waals surface area contributed by atoms with Crippen LogP contribution in [0, 0.1) is 12.7 Å². The Morgan fingerprint density at radius 2 is 1.61 bits per heavy atom. The summed E-state index contributed by atoms with van der Waals surface area (Å²) in [6.07, 6.45) is 1.07. The molecule has 0 aromatic heterocycles. The van der Waals surface area contributed by atoms with Gasteiger partial charge < -0.3 is 5.32 Å². The number of nitrogens with one attached hydrogen (secondary N) is 1. The molecular formula is C25H27FN2O3S2. The molecular weight excluding hydrogens is 459 g/mol. The number of benzene rings is 3. The molecule has 0 saturated heterocycles. The number of rotatable bonds is 10. The van der Waals surface area contributed by atoms with Crippen LogP contribution >= 0.6 is 11.8 Å². The van der Waals surface area contributed by atoms with Gasteiger partial charge in [0.25, 0.3) is 5.91 Å². The molecule has 3 aromatic rings. The van der Waals surface area contributed by atoms with Gasteiger partial charge in [0.2, 0.25) is 10.0 Å². The van der Waals surface area contributed by atoms with Gasteiger partial charge in [0.1, 0.15) is 5.82 Å². The van der Waals surface area contributed by atoms with E-state index in [1.54, 1.807) is 54.2 Å². The number of carbonyl (C=O) groups is 1. The average Bonchev–Trinajstić information content (AvgIpc) is 2.78. The molecule has 0 heterocycles. The second-order valence-corrected chi connectivity index (χ2v) is 10.7. The van der Waals surface area contributed by atoms with Crippen molar-refractivity contribution in [3.05, 3.63) is 101 Å². The van der Waals surface area contributed by atoms with Gasteiger partial charge in [0.15, 0.2) is 0 Å². The van der Waals surface area contributed by atoms with Crippen molar-refractivity contribution in [2.75, 3.05) is 22.9 Å². The van der Waals surface area contributed by atoms with Crippen LogP contribution < -0.4 is 9.62 Å². The van der Waals surface area contributed by atoms with Crippen LogP contribution in [0.1, 0.15) is 27.0 Å². The summed E-state index contributed by atoms with van der Waals surface area (Å²) >= 11 is 1.75. The molecule has 0 unspecified atom stereocenters. The summed E-state index contributed by atoms with van der Waals surface area (Å²) in [4.78, 5) is 12.4. The lowest BCUT2D eigenvalue weighted by Crippen LogP contribution is -2.30. The number of hydrogen-bond donors (Lipinski definition) is 1. The number of sulfonamides is 1. The van der Waals surface area contributed by atoms with E-state index >= 15 is 0 Å². The van der Waals surface area contributed by atoms with Crippen LogP contribution in [0.2, 0.25) is 0 Å². The van der Waals surface area contributed by atoms with Gasteiger partial charge in [-0.2, -0.15) is 11.8 Å². The summed E-state index contributed by atoms with van der Waals surface area (Å²) in [5.74, 6) is 0.976. The minimum Gasteiger partial charge on any atom is -0.351 e. The Kier molecular flexibility index (Phi) is 8.52. The van der Waals surface area contributed by atoms with Crippen LogP contribution in [0.25, 0.3) is 0 Å². The minimum absolute atomic E-state index is 0.130. The summed E-state index contributed by atoms with van der Waals surface area (Å²) in [5, 5.41) is 2.88. The number of hydrogen-bond acceptors (Lipinski definition) is 4. The van der Waals surface area contributed by atoms with E-state index in [9.17, 15) is 17.6 Å². The van der Waals surface area contributed by atoms with E-state index in [1.807, 2.05) is 12.1 Å². The van der Waals surface area contributed by atoms with Crippen LogP contribution in [0.4, 0.5) is 10.1 Å². The van der Waals surface area contributed by atoms with E-state index < -0.39 is 15.8 Å². The number of aryl methyl sites for hydroxylation is 1. The number of anilines is 1. The fraction of sp³-hybridized carbons (Fsp3) is 0.240. The lowest BCUT2D eigenvalue weighted by molar-refractivity contribution is 0.0956. The van der Waals surface area contributed by atoms with Gasteiger partial charge >= 0.3 is 0 Å². The zero-order valence-electron chi connectivity index (χ0n) is 18.6. The van der Waals surface area contributed by atoms with Crippen LogP contribution in [-0.2, 0) is 22.3 Å². The van der Waals surface area contributed by atoms with Crippen molar-refractivity contribution in [3.63, 3.8) is 0 Å². The maximum absolute atomic E-state index is 14.0. The monoisotopic (exact) mass is 486 g/mol. The predicted octanol–water partition coefficient (Wildman–Crippen LogP) is 4.76. The Hall–Kier alpha value is -2.84. The lowest BCUT2D eigenvalue weighted by Gasteiger charge is -2.23. The van der Waals surface area contributed by atoms with Crippen molar-refractivity contribution in [1.29, 1.82) is 0 Å². The van der Waals surface area contributed by atoms with E-state index in [2.05, 4.69) is 24.4 Å². The van der Waals surface area contributed by atoms with E-state index in [0.717, 1.165) is 22.1 Å². The quantitative estimate of drug-likeness (QED) is 0.420. The molecule has 0 bridgehead atoms. The molecule has 3 rings (SSSR count). The SMILES string of the molecule is Cc1ccccc1CSCCNC(=O)c1ccc(N(Cc2ccccc2F)S(C)(=O)=O)cc1. The Morgan fingerprint density at radius 1 is 0.970 bits per heavy atom. The second-order valence-electron chi connectivity index (χ2n) is 7.64. The highest BCUT2D eigenvalue weighted by Gasteiger charge is 2.20.